The summed E-state index contributed by atoms with van der Waals surface area (Å²) in [5.74, 6) is 1.56. The molecule has 6 heteroatoms. The molecular formula is C50H27N5S. The van der Waals surface area contributed by atoms with E-state index in [9.17, 15) is 0 Å². The molecule has 6 heterocycles. The molecule has 0 amide bonds. The van der Waals surface area contributed by atoms with Crippen LogP contribution in [0.25, 0.3) is 125 Å². The van der Waals surface area contributed by atoms with Gasteiger partial charge in [-0.3, -0.25) is 9.13 Å². The highest BCUT2D eigenvalue weighted by molar-refractivity contribution is 7.26. The summed E-state index contributed by atoms with van der Waals surface area (Å²) in [6, 6.07) is 59.5. The zero-order chi connectivity index (χ0) is 36.2. The van der Waals surface area contributed by atoms with Gasteiger partial charge in [0, 0.05) is 53.2 Å². The van der Waals surface area contributed by atoms with E-state index in [0.29, 0.717) is 5.95 Å². The van der Waals surface area contributed by atoms with Crippen LogP contribution < -0.4 is 0 Å². The van der Waals surface area contributed by atoms with Crippen molar-refractivity contribution in [3.8, 4) is 11.8 Å². The van der Waals surface area contributed by atoms with Crippen LogP contribution in [0.5, 0.6) is 0 Å². The van der Waals surface area contributed by atoms with Crippen molar-refractivity contribution in [3.63, 3.8) is 0 Å². The smallest absolute Gasteiger partial charge is 0.237 e. The van der Waals surface area contributed by atoms with Crippen LogP contribution in [0.3, 0.4) is 0 Å². The second kappa shape index (κ2) is 10.3. The molecule has 0 N–H and O–H groups in total. The minimum Gasteiger partial charge on any atom is -0.308 e. The average molecular weight is 730 g/mol. The summed E-state index contributed by atoms with van der Waals surface area (Å²) >= 11 is 1.77. The summed E-state index contributed by atoms with van der Waals surface area (Å²) < 4.78 is 9.47. The molecule has 0 saturated heterocycles. The first kappa shape index (κ1) is 29.1. The van der Waals surface area contributed by atoms with Gasteiger partial charge in [0.1, 0.15) is 0 Å². The van der Waals surface area contributed by atoms with Crippen molar-refractivity contribution in [1.29, 1.82) is 0 Å². The van der Waals surface area contributed by atoms with Gasteiger partial charge in [0.05, 0.1) is 48.8 Å². The van der Waals surface area contributed by atoms with Crippen LogP contribution in [0.4, 0.5) is 0 Å². The number of aromatic nitrogens is 5. The van der Waals surface area contributed by atoms with E-state index in [0.717, 1.165) is 43.5 Å². The Bertz CT molecular complexity index is 3960. The lowest BCUT2D eigenvalue weighted by atomic mass is 10.0. The summed E-state index contributed by atoms with van der Waals surface area (Å²) in [5, 5.41) is 13.4. The van der Waals surface area contributed by atoms with E-state index < -0.39 is 0 Å². The molecule has 6 aromatic heterocycles. The highest BCUT2D eigenvalue weighted by Crippen LogP contribution is 2.47. The Morgan fingerprint density at radius 2 is 0.946 bits per heavy atom. The van der Waals surface area contributed by atoms with Crippen molar-refractivity contribution in [1.82, 2.24) is 23.5 Å². The number of benzene rings is 8. The van der Waals surface area contributed by atoms with Gasteiger partial charge in [-0.05, 0) is 59.3 Å². The van der Waals surface area contributed by atoms with Crippen LogP contribution in [0.15, 0.2) is 164 Å². The van der Waals surface area contributed by atoms with E-state index in [-0.39, 0.29) is 0 Å². The van der Waals surface area contributed by atoms with E-state index in [1.807, 2.05) is 0 Å². The number of hydrogen-bond donors (Lipinski definition) is 0. The predicted molar refractivity (Wildman–Crippen MR) is 236 cm³/mol. The number of para-hydroxylation sites is 4. The van der Waals surface area contributed by atoms with Crippen LogP contribution in [0.2, 0.25) is 0 Å². The average Bonchev–Trinajstić information content (AvgIpc) is 4.04. The zero-order valence-electron chi connectivity index (χ0n) is 29.7. The topological polar surface area (TPSA) is 40.0 Å². The maximum absolute atomic E-state index is 5.71. The molecule has 8 aromatic carbocycles. The molecule has 0 aliphatic heterocycles. The SMILES string of the molecule is c1ccc2cc3c(cc2c1)c1cc2c4ccccc4n(-c4nc(-n5c6ccccc6c6ccccc65)c5sc6ccccc6c5n4)c2c2c4ccccc4n3c12. The lowest BCUT2D eigenvalue weighted by Crippen LogP contribution is -2.06. The van der Waals surface area contributed by atoms with Crippen molar-refractivity contribution >= 4 is 124 Å². The van der Waals surface area contributed by atoms with E-state index in [1.54, 1.807) is 11.3 Å². The summed E-state index contributed by atoms with van der Waals surface area (Å²) in [6.45, 7) is 0. The first-order valence-corrected chi connectivity index (χ1v) is 19.8. The van der Waals surface area contributed by atoms with Gasteiger partial charge in [0.15, 0.2) is 5.82 Å². The lowest BCUT2D eigenvalue weighted by Gasteiger charge is -2.13. The first-order chi connectivity index (χ1) is 27.8. The van der Waals surface area contributed by atoms with E-state index in [4.69, 9.17) is 9.97 Å². The van der Waals surface area contributed by atoms with Crippen molar-refractivity contribution in [2.24, 2.45) is 0 Å². The highest BCUT2D eigenvalue weighted by atomic mass is 32.1. The third kappa shape index (κ3) is 3.51. The van der Waals surface area contributed by atoms with Gasteiger partial charge in [0.2, 0.25) is 5.95 Å². The van der Waals surface area contributed by atoms with Gasteiger partial charge < -0.3 is 4.40 Å². The fourth-order valence-electron chi connectivity index (χ4n) is 9.86. The molecule has 258 valence electrons. The lowest BCUT2D eigenvalue weighted by molar-refractivity contribution is 0.978. The minimum absolute atomic E-state index is 0.664. The maximum atomic E-state index is 5.71. The molecule has 56 heavy (non-hydrogen) atoms. The molecule has 14 rings (SSSR count). The molecule has 0 radical (unpaired) electrons. The van der Waals surface area contributed by atoms with Crippen molar-refractivity contribution < 1.29 is 0 Å². The van der Waals surface area contributed by atoms with Gasteiger partial charge in [-0.15, -0.1) is 11.3 Å². The summed E-state index contributed by atoms with van der Waals surface area (Å²) in [5.41, 5.74) is 9.11. The summed E-state index contributed by atoms with van der Waals surface area (Å²) in [6.07, 6.45) is 0. The fraction of sp³-hybridized carbons (Fsp3) is 0. The summed E-state index contributed by atoms with van der Waals surface area (Å²) in [4.78, 5) is 11.3. The van der Waals surface area contributed by atoms with Crippen molar-refractivity contribution in [2.45, 2.75) is 0 Å². The van der Waals surface area contributed by atoms with Gasteiger partial charge in [-0.1, -0.05) is 115 Å². The standard InChI is InChI=1S/C50H27N5S/c1-2-14-29-26-42-35(25-28(29)13-1)37-27-36-32-17-5-10-22-40(32)55(47(36)44-33-18-6-11-23-41(33)53(42)46(37)44)50-51-45-34-19-7-12-24-43(34)56-48(45)49(52-50)54-38-20-8-3-15-30(38)31-16-4-9-21-39(31)54/h1-27H. The second-order valence-corrected chi connectivity index (χ2v) is 16.0. The molecule has 0 unspecified atom stereocenters. The molecule has 0 aliphatic carbocycles. The molecule has 14 aromatic rings. The van der Waals surface area contributed by atoms with E-state index in [1.165, 1.54) is 75.1 Å². The maximum Gasteiger partial charge on any atom is 0.237 e. The Labute approximate surface area is 321 Å². The van der Waals surface area contributed by atoms with Crippen molar-refractivity contribution in [2.75, 3.05) is 0 Å². The molecule has 0 atom stereocenters. The van der Waals surface area contributed by atoms with Crippen LogP contribution in [0, 0.1) is 0 Å². The number of rotatable bonds is 2. The zero-order valence-corrected chi connectivity index (χ0v) is 30.5. The number of thiophene rings is 1. The van der Waals surface area contributed by atoms with Gasteiger partial charge in [-0.2, -0.15) is 4.98 Å². The number of hydrogen-bond acceptors (Lipinski definition) is 3. The Morgan fingerprint density at radius 1 is 0.393 bits per heavy atom. The third-order valence-electron chi connectivity index (χ3n) is 12.1. The highest BCUT2D eigenvalue weighted by Gasteiger charge is 2.27. The Balaban J connectivity index is 1.21. The molecular weight excluding hydrogens is 703 g/mol. The van der Waals surface area contributed by atoms with Gasteiger partial charge >= 0.3 is 0 Å². The molecule has 5 nitrogen and oxygen atoms in total. The summed E-state index contributed by atoms with van der Waals surface area (Å²) in [7, 11) is 0. The van der Waals surface area contributed by atoms with Crippen LogP contribution >= 0.6 is 11.3 Å². The minimum atomic E-state index is 0.664. The number of fused-ring (bicyclic) bond motifs is 17. The third-order valence-corrected chi connectivity index (χ3v) is 13.3. The van der Waals surface area contributed by atoms with Crippen LogP contribution in [-0.2, 0) is 0 Å². The van der Waals surface area contributed by atoms with Crippen LogP contribution in [-0.4, -0.2) is 23.5 Å². The quantitative estimate of drug-likeness (QED) is 0.178. The number of nitrogens with zero attached hydrogens (tertiary/aromatic N) is 5. The molecule has 0 fully saturated rings. The molecule has 0 aliphatic rings. The first-order valence-electron chi connectivity index (χ1n) is 19.0. The van der Waals surface area contributed by atoms with Crippen molar-refractivity contribution in [3.05, 3.63) is 164 Å². The van der Waals surface area contributed by atoms with Crippen LogP contribution in [0.1, 0.15) is 0 Å². The van der Waals surface area contributed by atoms with E-state index >= 15 is 0 Å². The molecule has 0 spiro atoms. The normalized spacial score (nSPS) is 12.6. The fourth-order valence-corrected chi connectivity index (χ4v) is 11.0. The Morgan fingerprint density at radius 3 is 1.68 bits per heavy atom. The second-order valence-electron chi connectivity index (χ2n) is 15.0. The van der Waals surface area contributed by atoms with Gasteiger partial charge in [0.25, 0.3) is 0 Å². The predicted octanol–water partition coefficient (Wildman–Crippen LogP) is 13.3. The largest absolute Gasteiger partial charge is 0.308 e. The Hall–Kier alpha value is -7.28. The molecule has 0 saturated carbocycles. The van der Waals surface area contributed by atoms with E-state index in [2.05, 4.69) is 177 Å². The Kier molecular flexibility index (Phi) is 5.34. The molecule has 0 bridgehead atoms. The van der Waals surface area contributed by atoms with Gasteiger partial charge in [-0.25, -0.2) is 4.98 Å². The monoisotopic (exact) mass is 729 g/mol.